The third kappa shape index (κ3) is 2.65. The molecular weight excluding hydrogens is 284 g/mol. The lowest BCUT2D eigenvalue weighted by atomic mass is 9.90. The van der Waals surface area contributed by atoms with Crippen LogP contribution in [0.5, 0.6) is 0 Å². The first kappa shape index (κ1) is 14.1. The molecule has 0 saturated heterocycles. The first-order chi connectivity index (χ1) is 10.1. The van der Waals surface area contributed by atoms with Crippen LogP contribution in [0, 0.1) is 13.8 Å². The van der Waals surface area contributed by atoms with Gasteiger partial charge in [-0.2, -0.15) is 0 Å². The Labute approximate surface area is 128 Å². The number of nitrogens with zero attached hydrogens (tertiary/aromatic N) is 2. The summed E-state index contributed by atoms with van der Waals surface area (Å²) in [6.07, 6.45) is 0.648. The highest BCUT2D eigenvalue weighted by atomic mass is 32.1. The van der Waals surface area contributed by atoms with Gasteiger partial charge in [0.05, 0.1) is 18.2 Å². The lowest BCUT2D eigenvalue weighted by Crippen LogP contribution is -2.33. The summed E-state index contributed by atoms with van der Waals surface area (Å²) in [5.41, 5.74) is 3.03. The van der Waals surface area contributed by atoms with Gasteiger partial charge in [0, 0.05) is 17.1 Å². The number of para-hydroxylation sites is 1. The van der Waals surface area contributed by atoms with E-state index in [2.05, 4.69) is 16.8 Å². The number of carboxylic acid groups (broad SMARTS) is 1. The number of carbonyl (C=O) groups is 1. The van der Waals surface area contributed by atoms with Crippen LogP contribution in [0.4, 0.5) is 5.69 Å². The number of rotatable bonds is 3. The molecule has 0 saturated carbocycles. The molecule has 1 aromatic carbocycles. The predicted octanol–water partition coefficient (Wildman–Crippen LogP) is 3.34. The van der Waals surface area contributed by atoms with E-state index in [-0.39, 0.29) is 0 Å². The molecule has 0 radical (unpaired) electrons. The van der Waals surface area contributed by atoms with E-state index >= 15 is 0 Å². The number of hydrogen-bond donors (Lipinski definition) is 1. The van der Waals surface area contributed by atoms with E-state index in [4.69, 9.17) is 0 Å². The Kier molecular flexibility index (Phi) is 3.68. The van der Waals surface area contributed by atoms with Crippen molar-refractivity contribution in [2.24, 2.45) is 0 Å². The van der Waals surface area contributed by atoms with Crippen molar-refractivity contribution >= 4 is 23.0 Å². The van der Waals surface area contributed by atoms with Crippen molar-refractivity contribution in [2.45, 2.75) is 32.7 Å². The fourth-order valence-electron chi connectivity index (χ4n) is 2.82. The molecule has 1 N–H and O–H groups in total. The molecule has 0 unspecified atom stereocenters. The molecule has 1 aliphatic heterocycles. The number of benzene rings is 1. The van der Waals surface area contributed by atoms with Crippen LogP contribution in [0.25, 0.3) is 0 Å². The molecule has 21 heavy (non-hydrogen) atoms. The third-order valence-corrected chi connectivity index (χ3v) is 5.10. The minimum absolute atomic E-state index is 0.391. The second-order valence-corrected chi connectivity index (χ2v) is 6.70. The van der Waals surface area contributed by atoms with Crippen LogP contribution in [0.15, 0.2) is 24.3 Å². The summed E-state index contributed by atoms with van der Waals surface area (Å²) in [5, 5.41) is 10.5. The molecule has 2 heterocycles. The van der Waals surface area contributed by atoms with Crippen molar-refractivity contribution < 1.29 is 9.90 Å². The maximum atomic E-state index is 11.4. The Balaban J connectivity index is 1.90. The van der Waals surface area contributed by atoms with Crippen molar-refractivity contribution in [3.8, 4) is 0 Å². The summed E-state index contributed by atoms with van der Waals surface area (Å²) >= 11 is 1.72. The molecular formula is C16H18N2O2S. The average molecular weight is 302 g/mol. The van der Waals surface area contributed by atoms with Crippen molar-refractivity contribution in [1.29, 1.82) is 0 Å². The van der Waals surface area contributed by atoms with E-state index < -0.39 is 11.9 Å². The number of aliphatic carboxylic acids is 1. The van der Waals surface area contributed by atoms with Crippen LogP contribution in [-0.2, 0) is 11.3 Å². The Morgan fingerprint density at radius 1 is 1.43 bits per heavy atom. The van der Waals surface area contributed by atoms with Crippen LogP contribution < -0.4 is 4.90 Å². The van der Waals surface area contributed by atoms with Crippen molar-refractivity contribution in [1.82, 2.24) is 4.98 Å². The van der Waals surface area contributed by atoms with Crippen molar-refractivity contribution in [3.05, 3.63) is 45.4 Å². The molecule has 3 rings (SSSR count). The quantitative estimate of drug-likeness (QED) is 0.945. The van der Waals surface area contributed by atoms with Crippen LogP contribution in [0.3, 0.4) is 0 Å². The van der Waals surface area contributed by atoms with Crippen molar-refractivity contribution in [2.75, 3.05) is 11.4 Å². The molecule has 0 amide bonds. The summed E-state index contributed by atoms with van der Waals surface area (Å²) in [5.74, 6) is -1.12. The largest absolute Gasteiger partial charge is 0.481 e. The van der Waals surface area contributed by atoms with E-state index in [1.54, 1.807) is 11.3 Å². The van der Waals surface area contributed by atoms with Gasteiger partial charge in [-0.1, -0.05) is 18.2 Å². The van der Waals surface area contributed by atoms with Crippen molar-refractivity contribution in [3.63, 3.8) is 0 Å². The Morgan fingerprint density at radius 3 is 2.86 bits per heavy atom. The highest BCUT2D eigenvalue weighted by molar-refractivity contribution is 7.11. The molecule has 1 aromatic heterocycles. The summed E-state index contributed by atoms with van der Waals surface area (Å²) in [6, 6.07) is 7.82. The number of anilines is 1. The van der Waals surface area contributed by atoms with Gasteiger partial charge in [-0.05, 0) is 31.9 Å². The second kappa shape index (κ2) is 5.48. The van der Waals surface area contributed by atoms with Gasteiger partial charge in [-0.25, -0.2) is 4.98 Å². The standard InChI is InChI=1S/C16H18N2O2S/c1-10-11(2)21-15(17-10)9-18-8-7-13(16(19)20)12-5-3-4-6-14(12)18/h3-6,13H,7-9H2,1-2H3,(H,19,20)/t13-/m1/s1. The maximum absolute atomic E-state index is 11.4. The molecule has 1 aliphatic rings. The zero-order valence-corrected chi connectivity index (χ0v) is 13.0. The predicted molar refractivity (Wildman–Crippen MR) is 84.1 cm³/mol. The van der Waals surface area contributed by atoms with Gasteiger partial charge in [0.15, 0.2) is 0 Å². The lowest BCUT2D eigenvalue weighted by Gasteiger charge is -2.33. The molecule has 0 spiro atoms. The molecule has 0 bridgehead atoms. The molecule has 4 nitrogen and oxygen atoms in total. The number of hydrogen-bond acceptors (Lipinski definition) is 4. The SMILES string of the molecule is Cc1nc(CN2CC[C@@H](C(=O)O)c3ccccc32)sc1C. The van der Waals surface area contributed by atoms with Crippen LogP contribution >= 0.6 is 11.3 Å². The molecule has 0 aliphatic carbocycles. The van der Waals surface area contributed by atoms with Crippen LogP contribution in [-0.4, -0.2) is 22.6 Å². The number of aromatic nitrogens is 1. The average Bonchev–Trinajstić information content (AvgIpc) is 2.77. The molecule has 0 fully saturated rings. The number of aryl methyl sites for hydroxylation is 2. The van der Waals surface area contributed by atoms with E-state index in [1.165, 1.54) is 4.88 Å². The molecule has 2 aromatic rings. The molecule has 1 atom stereocenters. The van der Waals surface area contributed by atoms with Gasteiger partial charge in [0.2, 0.25) is 0 Å². The first-order valence-electron chi connectivity index (χ1n) is 7.06. The van der Waals surface area contributed by atoms with Gasteiger partial charge < -0.3 is 10.0 Å². The number of fused-ring (bicyclic) bond motifs is 1. The van der Waals surface area contributed by atoms with Gasteiger partial charge in [-0.15, -0.1) is 11.3 Å². The summed E-state index contributed by atoms with van der Waals surface area (Å²) in [4.78, 5) is 19.5. The van der Waals surface area contributed by atoms with Gasteiger partial charge in [0.1, 0.15) is 5.01 Å². The Hall–Kier alpha value is -1.88. The fraction of sp³-hybridized carbons (Fsp3) is 0.375. The third-order valence-electron chi connectivity index (χ3n) is 4.04. The Bertz CT molecular complexity index is 661. The van der Waals surface area contributed by atoms with Crippen LogP contribution in [0.2, 0.25) is 0 Å². The molecule has 110 valence electrons. The van der Waals surface area contributed by atoms with E-state index in [1.807, 2.05) is 31.2 Å². The van der Waals surface area contributed by atoms with Gasteiger partial charge >= 0.3 is 5.97 Å². The minimum Gasteiger partial charge on any atom is -0.481 e. The number of carboxylic acids is 1. The topological polar surface area (TPSA) is 53.4 Å². The van der Waals surface area contributed by atoms with E-state index in [0.29, 0.717) is 6.42 Å². The molecule has 5 heteroatoms. The highest BCUT2D eigenvalue weighted by Crippen LogP contribution is 2.36. The second-order valence-electron chi connectivity index (χ2n) is 5.41. The van der Waals surface area contributed by atoms with E-state index in [0.717, 1.165) is 35.0 Å². The fourth-order valence-corrected chi connectivity index (χ4v) is 3.77. The van der Waals surface area contributed by atoms with Crippen LogP contribution in [0.1, 0.15) is 33.5 Å². The zero-order valence-electron chi connectivity index (χ0n) is 12.2. The highest BCUT2D eigenvalue weighted by Gasteiger charge is 2.29. The van der Waals surface area contributed by atoms with Gasteiger partial charge in [0.25, 0.3) is 0 Å². The monoisotopic (exact) mass is 302 g/mol. The maximum Gasteiger partial charge on any atom is 0.311 e. The lowest BCUT2D eigenvalue weighted by molar-refractivity contribution is -0.139. The van der Waals surface area contributed by atoms with Gasteiger partial charge in [-0.3, -0.25) is 4.79 Å². The van der Waals surface area contributed by atoms with E-state index in [9.17, 15) is 9.90 Å². The Morgan fingerprint density at radius 2 is 2.19 bits per heavy atom. The first-order valence-corrected chi connectivity index (χ1v) is 7.87. The normalized spacial score (nSPS) is 17.6. The summed E-state index contributed by atoms with van der Waals surface area (Å²) in [7, 11) is 0. The summed E-state index contributed by atoms with van der Waals surface area (Å²) in [6.45, 7) is 5.62. The summed E-state index contributed by atoms with van der Waals surface area (Å²) < 4.78 is 0. The number of thiazole rings is 1. The smallest absolute Gasteiger partial charge is 0.311 e. The zero-order chi connectivity index (χ0) is 15.0. The minimum atomic E-state index is -0.733.